The maximum absolute atomic E-state index is 12.3. The molecule has 0 spiro atoms. The van der Waals surface area contributed by atoms with Gasteiger partial charge in [0.15, 0.2) is 7.59 Å². The molecule has 0 fully saturated rings. The topological polar surface area (TPSA) is 29.1 Å². The molecular formula is C18H31Cl6NO. The van der Waals surface area contributed by atoms with E-state index in [1.807, 2.05) is 0 Å². The predicted molar refractivity (Wildman–Crippen MR) is 118 cm³/mol. The number of alkyl halides is 6. The first-order chi connectivity index (χ1) is 12.0. The summed E-state index contributed by atoms with van der Waals surface area (Å²) < 4.78 is -3.12. The van der Waals surface area contributed by atoms with Gasteiger partial charge in [-0.2, -0.15) is 0 Å². The molecule has 0 heterocycles. The molecule has 0 bridgehead atoms. The molecule has 8 heteroatoms. The average molecular weight is 490 g/mol. The van der Waals surface area contributed by atoms with E-state index in [0.717, 1.165) is 12.8 Å². The summed E-state index contributed by atoms with van der Waals surface area (Å²) in [6, 6.07) is 0. The van der Waals surface area contributed by atoms with E-state index in [1.165, 1.54) is 51.4 Å². The third-order valence-electron chi connectivity index (χ3n) is 4.16. The average Bonchev–Trinajstić information content (AvgIpc) is 2.49. The third kappa shape index (κ3) is 18.6. The van der Waals surface area contributed by atoms with Crippen LogP contribution in [0, 0.1) is 5.92 Å². The van der Waals surface area contributed by atoms with E-state index in [1.54, 1.807) is 0 Å². The van der Waals surface area contributed by atoms with E-state index in [4.69, 9.17) is 69.6 Å². The maximum atomic E-state index is 12.3. The minimum atomic E-state index is -1.56. The summed E-state index contributed by atoms with van der Waals surface area (Å²) in [7, 11) is 0. The molecule has 156 valence electrons. The normalized spacial score (nSPS) is 12.6. The number of rotatable bonds is 14. The van der Waals surface area contributed by atoms with Crippen molar-refractivity contribution < 1.29 is 4.79 Å². The van der Waals surface area contributed by atoms with Crippen molar-refractivity contribution >= 4 is 75.5 Å². The molecule has 0 aromatic heterocycles. The standard InChI is InChI=1S/C18H31Cl6NO/c1-2-3-4-5-6-7-8-9-10-11-12-25-16(26)15(13-17(19,20)21)14-18(22,23)24/h15H,2-14H2,1H3,(H,25,26). The van der Waals surface area contributed by atoms with Crippen LogP contribution >= 0.6 is 69.6 Å². The Bertz CT molecular complexity index is 352. The molecule has 2 nitrogen and oxygen atoms in total. The summed E-state index contributed by atoms with van der Waals surface area (Å²) in [6.45, 7) is 2.82. The van der Waals surface area contributed by atoms with Gasteiger partial charge in [0.25, 0.3) is 0 Å². The second-order valence-electron chi connectivity index (χ2n) is 6.81. The lowest BCUT2D eigenvalue weighted by Gasteiger charge is -2.23. The lowest BCUT2D eigenvalue weighted by Crippen LogP contribution is -2.35. The van der Waals surface area contributed by atoms with Crippen molar-refractivity contribution in [1.29, 1.82) is 0 Å². The van der Waals surface area contributed by atoms with Crippen LogP contribution in [-0.4, -0.2) is 20.0 Å². The van der Waals surface area contributed by atoms with Crippen molar-refractivity contribution in [2.24, 2.45) is 5.92 Å². The van der Waals surface area contributed by atoms with Crippen molar-refractivity contribution in [1.82, 2.24) is 5.32 Å². The highest BCUT2D eigenvalue weighted by Crippen LogP contribution is 2.40. The van der Waals surface area contributed by atoms with Gasteiger partial charge in [-0.15, -0.1) is 0 Å². The lowest BCUT2D eigenvalue weighted by atomic mass is 10.0. The molecule has 0 aliphatic heterocycles. The summed E-state index contributed by atoms with van der Waals surface area (Å²) in [5.41, 5.74) is 0. The Labute approximate surface area is 188 Å². The summed E-state index contributed by atoms with van der Waals surface area (Å²) in [6.07, 6.45) is 12.4. The van der Waals surface area contributed by atoms with Gasteiger partial charge in [-0.3, -0.25) is 4.79 Å². The Morgan fingerprint density at radius 3 is 1.50 bits per heavy atom. The molecule has 0 aromatic rings. The first-order valence-corrected chi connectivity index (χ1v) is 11.7. The molecule has 1 N–H and O–H groups in total. The smallest absolute Gasteiger partial charge is 0.223 e. The number of unbranched alkanes of at least 4 members (excludes halogenated alkanes) is 9. The quantitative estimate of drug-likeness (QED) is 0.193. The zero-order valence-corrected chi connectivity index (χ0v) is 20.0. The maximum Gasteiger partial charge on any atom is 0.223 e. The molecule has 0 aliphatic carbocycles. The number of carbonyl (C=O) groups is 1. The molecule has 0 saturated heterocycles. The van der Waals surface area contributed by atoms with Gasteiger partial charge in [0.1, 0.15) is 0 Å². The van der Waals surface area contributed by atoms with Crippen LogP contribution in [0.2, 0.25) is 0 Å². The molecule has 0 saturated carbocycles. The predicted octanol–water partition coefficient (Wildman–Crippen LogP) is 8.16. The van der Waals surface area contributed by atoms with E-state index in [-0.39, 0.29) is 18.7 Å². The summed E-state index contributed by atoms with van der Waals surface area (Å²) in [4.78, 5) is 12.3. The van der Waals surface area contributed by atoms with Crippen molar-refractivity contribution in [3.8, 4) is 0 Å². The van der Waals surface area contributed by atoms with Crippen molar-refractivity contribution in [3.63, 3.8) is 0 Å². The second kappa shape index (κ2) is 15.1. The van der Waals surface area contributed by atoms with Gasteiger partial charge in [-0.25, -0.2) is 0 Å². The Morgan fingerprint density at radius 2 is 1.12 bits per heavy atom. The largest absolute Gasteiger partial charge is 0.356 e. The zero-order valence-electron chi connectivity index (χ0n) is 15.4. The Morgan fingerprint density at radius 1 is 0.731 bits per heavy atom. The van der Waals surface area contributed by atoms with Crippen molar-refractivity contribution in [2.45, 2.75) is 91.6 Å². The number of nitrogens with one attached hydrogen (secondary N) is 1. The monoisotopic (exact) mass is 487 g/mol. The minimum absolute atomic E-state index is 0.00937. The van der Waals surface area contributed by atoms with Crippen LogP contribution in [0.5, 0.6) is 0 Å². The number of hydrogen-bond acceptors (Lipinski definition) is 1. The Balaban J connectivity index is 3.88. The minimum Gasteiger partial charge on any atom is -0.356 e. The number of carbonyl (C=O) groups excluding carboxylic acids is 1. The van der Waals surface area contributed by atoms with Gasteiger partial charge >= 0.3 is 0 Å². The van der Waals surface area contributed by atoms with Crippen molar-refractivity contribution in [2.75, 3.05) is 6.54 Å². The van der Waals surface area contributed by atoms with Crippen molar-refractivity contribution in [3.05, 3.63) is 0 Å². The Hall–Kier alpha value is 1.21. The van der Waals surface area contributed by atoms with Gasteiger partial charge in [-0.05, 0) is 6.42 Å². The fourth-order valence-corrected chi connectivity index (χ4v) is 3.90. The van der Waals surface area contributed by atoms with E-state index >= 15 is 0 Å². The van der Waals surface area contributed by atoms with Crippen LogP contribution < -0.4 is 5.32 Å². The highest BCUT2D eigenvalue weighted by molar-refractivity contribution is 6.68. The fraction of sp³-hybridized carbons (Fsp3) is 0.944. The van der Waals surface area contributed by atoms with Crippen LogP contribution in [0.15, 0.2) is 0 Å². The molecule has 0 unspecified atom stereocenters. The third-order valence-corrected chi connectivity index (χ3v) is 5.08. The molecule has 26 heavy (non-hydrogen) atoms. The Kier molecular flexibility index (Phi) is 15.8. The van der Waals surface area contributed by atoms with Crippen LogP contribution in [0.3, 0.4) is 0 Å². The number of hydrogen-bond donors (Lipinski definition) is 1. The van der Waals surface area contributed by atoms with Gasteiger partial charge < -0.3 is 5.32 Å². The second-order valence-corrected chi connectivity index (χ2v) is 11.8. The SMILES string of the molecule is CCCCCCCCCCCCNC(=O)C(CC(Cl)(Cl)Cl)CC(Cl)(Cl)Cl. The van der Waals surface area contributed by atoms with Gasteiger partial charge in [-0.1, -0.05) is 134 Å². The molecule has 0 atom stereocenters. The van der Waals surface area contributed by atoms with Gasteiger partial charge in [0, 0.05) is 25.3 Å². The fourth-order valence-electron chi connectivity index (χ4n) is 2.78. The highest BCUT2D eigenvalue weighted by atomic mass is 35.6. The number of halogens is 6. The van der Waals surface area contributed by atoms with Gasteiger partial charge in [0.2, 0.25) is 5.91 Å². The van der Waals surface area contributed by atoms with Crippen LogP contribution in [-0.2, 0) is 4.79 Å². The molecular weight excluding hydrogens is 459 g/mol. The molecule has 0 aliphatic rings. The van der Waals surface area contributed by atoms with E-state index in [0.29, 0.717) is 6.54 Å². The molecule has 0 rings (SSSR count). The highest BCUT2D eigenvalue weighted by Gasteiger charge is 2.35. The van der Waals surface area contributed by atoms with E-state index < -0.39 is 13.5 Å². The molecule has 0 aromatic carbocycles. The number of amides is 1. The molecule has 1 amide bonds. The molecule has 0 radical (unpaired) electrons. The van der Waals surface area contributed by atoms with Gasteiger partial charge in [0.05, 0.1) is 0 Å². The zero-order chi connectivity index (χ0) is 20.1. The first kappa shape index (κ1) is 27.2. The van der Waals surface area contributed by atoms with E-state index in [9.17, 15) is 4.79 Å². The summed E-state index contributed by atoms with van der Waals surface area (Å²) >= 11 is 34.8. The van der Waals surface area contributed by atoms with E-state index in [2.05, 4.69) is 12.2 Å². The summed E-state index contributed by atoms with van der Waals surface area (Å²) in [5.74, 6) is -0.892. The first-order valence-electron chi connectivity index (χ1n) is 9.46. The van der Waals surface area contributed by atoms with Crippen LogP contribution in [0.25, 0.3) is 0 Å². The summed E-state index contributed by atoms with van der Waals surface area (Å²) in [5, 5.41) is 2.86. The van der Waals surface area contributed by atoms with Crippen LogP contribution in [0.4, 0.5) is 0 Å². The van der Waals surface area contributed by atoms with Crippen LogP contribution in [0.1, 0.15) is 84.0 Å². The lowest BCUT2D eigenvalue weighted by molar-refractivity contribution is -0.125.